The van der Waals surface area contributed by atoms with Crippen LogP contribution in [0.25, 0.3) is 17.1 Å². The van der Waals surface area contributed by atoms with Gasteiger partial charge in [0, 0.05) is 30.3 Å². The van der Waals surface area contributed by atoms with Crippen LogP contribution >= 0.6 is 11.6 Å². The molecule has 2 N–H and O–H groups in total. The molecule has 1 aliphatic heterocycles. The Kier molecular flexibility index (Phi) is 5.44. The Labute approximate surface area is 166 Å². The highest BCUT2D eigenvalue weighted by atomic mass is 35.5. The average Bonchev–Trinajstić information content (AvgIpc) is 2.99. The van der Waals surface area contributed by atoms with Crippen molar-refractivity contribution in [3.8, 4) is 5.75 Å². The fraction of sp³-hybridized carbons (Fsp3) is 0.316. The van der Waals surface area contributed by atoms with E-state index in [1.54, 1.807) is 17.0 Å². The van der Waals surface area contributed by atoms with Crippen LogP contribution in [-0.2, 0) is 20.9 Å². The predicted octanol–water partition coefficient (Wildman–Crippen LogP) is 1.67. The molecule has 0 saturated carbocycles. The summed E-state index contributed by atoms with van der Waals surface area (Å²) in [5, 5.41) is 1.01. The summed E-state index contributed by atoms with van der Waals surface area (Å²) >= 11 is 6.26. The second-order valence-corrected chi connectivity index (χ2v) is 6.83. The van der Waals surface area contributed by atoms with Crippen molar-refractivity contribution < 1.29 is 19.1 Å². The molecule has 9 heteroatoms. The minimum Gasteiger partial charge on any atom is -0.495 e. The van der Waals surface area contributed by atoms with Crippen molar-refractivity contribution in [1.29, 1.82) is 0 Å². The highest BCUT2D eigenvalue weighted by molar-refractivity contribution is 6.32. The van der Waals surface area contributed by atoms with Gasteiger partial charge < -0.3 is 20.1 Å². The number of primary amides is 1. The zero-order valence-electron chi connectivity index (χ0n) is 15.7. The first kappa shape index (κ1) is 19.9. The third-order valence-electron chi connectivity index (χ3n) is 4.81. The maximum absolute atomic E-state index is 13.1. The van der Waals surface area contributed by atoms with Crippen molar-refractivity contribution in [3.63, 3.8) is 0 Å². The molecule has 0 unspecified atom stereocenters. The Morgan fingerprint density at radius 1 is 1.36 bits per heavy atom. The number of hydrogen-bond donors (Lipinski definition) is 1. The number of hydrogen-bond acceptors (Lipinski definition) is 5. The number of aromatic nitrogens is 1. The lowest BCUT2D eigenvalue weighted by atomic mass is 10.0. The van der Waals surface area contributed by atoms with Crippen LogP contribution in [0.5, 0.6) is 5.75 Å². The first-order valence-electron chi connectivity index (χ1n) is 8.50. The SMILES string of the molecule is COCC(=O)N1Cc2c(c3cc(OC)c(Cl)cc3n(C=CC(N)=O)c2=O)[C@@H]1C. The highest BCUT2D eigenvalue weighted by Gasteiger charge is 2.35. The molecule has 0 saturated heterocycles. The summed E-state index contributed by atoms with van der Waals surface area (Å²) in [5.41, 5.74) is 6.51. The number of methoxy groups -OCH3 is 2. The number of amides is 2. The summed E-state index contributed by atoms with van der Waals surface area (Å²) in [6.07, 6.45) is 2.40. The largest absolute Gasteiger partial charge is 0.495 e. The van der Waals surface area contributed by atoms with Crippen LogP contribution in [-0.4, -0.2) is 42.1 Å². The van der Waals surface area contributed by atoms with Crippen molar-refractivity contribution in [2.75, 3.05) is 20.8 Å². The van der Waals surface area contributed by atoms with Crippen LogP contribution < -0.4 is 16.0 Å². The van der Waals surface area contributed by atoms with Gasteiger partial charge in [-0.05, 0) is 24.6 Å². The third-order valence-corrected chi connectivity index (χ3v) is 5.11. The van der Waals surface area contributed by atoms with E-state index >= 15 is 0 Å². The molecule has 0 aliphatic carbocycles. The standard InChI is InChI=1S/C19H20ClN3O5/c1-10-18-11-6-15(28-3)13(20)7-14(11)22(5-4-16(21)24)19(26)12(18)8-23(10)17(25)9-27-2/h4-7,10H,8-9H2,1-3H3,(H2,21,24)/t10-/m0/s1. The molecule has 1 aliphatic rings. The van der Waals surface area contributed by atoms with Gasteiger partial charge in [-0.2, -0.15) is 0 Å². The number of benzene rings is 1. The topological polar surface area (TPSA) is 104 Å². The normalized spacial score (nSPS) is 16.0. The first-order valence-corrected chi connectivity index (χ1v) is 8.88. The molecule has 1 aromatic heterocycles. The van der Waals surface area contributed by atoms with E-state index in [9.17, 15) is 14.4 Å². The van der Waals surface area contributed by atoms with Gasteiger partial charge in [0.15, 0.2) is 0 Å². The monoisotopic (exact) mass is 405 g/mol. The number of carbonyl (C=O) groups is 2. The van der Waals surface area contributed by atoms with Crippen molar-refractivity contribution >= 4 is 40.5 Å². The Morgan fingerprint density at radius 3 is 2.68 bits per heavy atom. The van der Waals surface area contributed by atoms with E-state index < -0.39 is 5.91 Å². The predicted molar refractivity (Wildman–Crippen MR) is 105 cm³/mol. The second kappa shape index (κ2) is 7.65. The maximum Gasteiger partial charge on any atom is 0.260 e. The van der Waals surface area contributed by atoms with Crippen LogP contribution in [0.1, 0.15) is 24.1 Å². The maximum atomic E-state index is 13.1. The summed E-state index contributed by atoms with van der Waals surface area (Å²) in [6, 6.07) is 2.98. The van der Waals surface area contributed by atoms with Crippen LogP contribution in [0.3, 0.4) is 0 Å². The van der Waals surface area contributed by atoms with Crippen LogP contribution in [0, 0.1) is 0 Å². The molecule has 2 aromatic rings. The second-order valence-electron chi connectivity index (χ2n) is 6.42. The molecule has 1 atom stereocenters. The number of nitrogens with zero attached hydrogens (tertiary/aromatic N) is 2. The molecule has 0 fully saturated rings. The highest BCUT2D eigenvalue weighted by Crippen LogP contribution is 2.40. The van der Waals surface area contributed by atoms with E-state index in [-0.39, 0.29) is 30.7 Å². The Morgan fingerprint density at radius 2 is 2.07 bits per heavy atom. The summed E-state index contributed by atoms with van der Waals surface area (Å²) in [4.78, 5) is 38.3. The van der Waals surface area contributed by atoms with E-state index in [1.807, 2.05) is 6.92 Å². The van der Waals surface area contributed by atoms with Gasteiger partial charge >= 0.3 is 0 Å². The smallest absolute Gasteiger partial charge is 0.260 e. The molecule has 3 rings (SSSR count). The van der Waals surface area contributed by atoms with E-state index in [0.717, 1.165) is 11.6 Å². The number of halogens is 1. The molecule has 0 spiro atoms. The summed E-state index contributed by atoms with van der Waals surface area (Å²) in [7, 11) is 2.93. The Bertz CT molecular complexity index is 1060. The van der Waals surface area contributed by atoms with Crippen molar-refractivity contribution in [2.45, 2.75) is 19.5 Å². The molecule has 0 radical (unpaired) electrons. The lowest BCUT2D eigenvalue weighted by molar-refractivity contribution is -0.137. The zero-order valence-corrected chi connectivity index (χ0v) is 16.4. The van der Waals surface area contributed by atoms with Gasteiger partial charge in [-0.25, -0.2) is 0 Å². The minimum atomic E-state index is -0.689. The number of fused-ring (bicyclic) bond motifs is 3. The summed E-state index contributed by atoms with van der Waals surface area (Å²) in [6.45, 7) is 1.91. The van der Waals surface area contributed by atoms with E-state index in [0.29, 0.717) is 27.2 Å². The molecule has 148 valence electrons. The Balaban J connectivity index is 2.33. The fourth-order valence-electron chi connectivity index (χ4n) is 3.55. The van der Waals surface area contributed by atoms with Crippen LogP contribution in [0.2, 0.25) is 5.02 Å². The molecule has 28 heavy (non-hydrogen) atoms. The van der Waals surface area contributed by atoms with Crippen molar-refractivity contribution in [1.82, 2.24) is 9.47 Å². The lowest BCUT2D eigenvalue weighted by Gasteiger charge is -2.22. The number of rotatable bonds is 5. The van der Waals surface area contributed by atoms with Gasteiger partial charge in [0.05, 0.1) is 30.2 Å². The average molecular weight is 406 g/mol. The van der Waals surface area contributed by atoms with Gasteiger partial charge in [-0.15, -0.1) is 0 Å². The molecule has 2 heterocycles. The number of carbonyl (C=O) groups excluding carboxylic acids is 2. The zero-order chi connectivity index (χ0) is 20.6. The van der Waals surface area contributed by atoms with Crippen molar-refractivity contribution in [2.24, 2.45) is 5.73 Å². The van der Waals surface area contributed by atoms with E-state index in [2.05, 4.69) is 0 Å². The van der Waals surface area contributed by atoms with Gasteiger partial charge in [0.1, 0.15) is 12.4 Å². The molecular weight excluding hydrogens is 386 g/mol. The van der Waals surface area contributed by atoms with Crippen LogP contribution in [0.15, 0.2) is 23.0 Å². The first-order chi connectivity index (χ1) is 13.3. The van der Waals surface area contributed by atoms with E-state index in [4.69, 9.17) is 26.8 Å². The molecule has 1 aromatic carbocycles. The van der Waals surface area contributed by atoms with Crippen LogP contribution in [0.4, 0.5) is 0 Å². The van der Waals surface area contributed by atoms with Gasteiger partial charge in [-0.3, -0.25) is 19.0 Å². The van der Waals surface area contributed by atoms with Gasteiger partial charge in [0.2, 0.25) is 11.8 Å². The minimum absolute atomic E-state index is 0.0822. The quantitative estimate of drug-likeness (QED) is 0.762. The third kappa shape index (κ3) is 3.25. The summed E-state index contributed by atoms with van der Waals surface area (Å²) in [5.74, 6) is -0.473. The number of ether oxygens (including phenoxy) is 2. The number of nitrogens with two attached hydrogens (primary N) is 1. The lowest BCUT2D eigenvalue weighted by Crippen LogP contribution is -2.31. The Hall–Kier alpha value is -2.84. The van der Waals surface area contributed by atoms with Gasteiger partial charge in [0.25, 0.3) is 5.56 Å². The molecular formula is C19H20ClN3O5. The molecule has 2 amide bonds. The molecule has 8 nitrogen and oxygen atoms in total. The number of pyridine rings is 1. The molecule has 0 bridgehead atoms. The van der Waals surface area contributed by atoms with E-state index in [1.165, 1.54) is 25.0 Å². The summed E-state index contributed by atoms with van der Waals surface area (Å²) < 4.78 is 11.6. The van der Waals surface area contributed by atoms with Crippen molar-refractivity contribution in [3.05, 3.63) is 44.7 Å². The fourth-order valence-corrected chi connectivity index (χ4v) is 3.78. The van der Waals surface area contributed by atoms with Gasteiger partial charge in [-0.1, -0.05) is 11.6 Å².